The van der Waals surface area contributed by atoms with Crippen LogP contribution in [0.15, 0.2) is 12.1 Å². The fraction of sp³-hybridized carbons (Fsp3) is 0.556. The predicted molar refractivity (Wildman–Crippen MR) is 56.6 cm³/mol. The van der Waals surface area contributed by atoms with Gasteiger partial charge in [0.1, 0.15) is 5.82 Å². The van der Waals surface area contributed by atoms with Gasteiger partial charge in [-0.2, -0.15) is 0 Å². The number of aromatic nitrogens is 2. The maximum absolute atomic E-state index is 5.63. The van der Waals surface area contributed by atoms with E-state index in [1.54, 1.807) is 6.07 Å². The van der Waals surface area contributed by atoms with Gasteiger partial charge in [-0.3, -0.25) is 0 Å². The molecule has 1 atom stereocenters. The van der Waals surface area contributed by atoms with Gasteiger partial charge >= 0.3 is 0 Å². The number of hydrogen-bond acceptors (Lipinski definition) is 4. The van der Waals surface area contributed by atoms with Crippen molar-refractivity contribution >= 4 is 17.4 Å². The van der Waals surface area contributed by atoms with E-state index in [0.29, 0.717) is 11.2 Å². The molecule has 14 heavy (non-hydrogen) atoms. The molecule has 1 aromatic rings. The van der Waals surface area contributed by atoms with Gasteiger partial charge in [0.25, 0.3) is 0 Å². The number of anilines is 1. The van der Waals surface area contributed by atoms with Crippen LogP contribution < -0.4 is 10.6 Å². The molecule has 1 fully saturated rings. The van der Waals surface area contributed by atoms with Gasteiger partial charge in [-0.05, 0) is 31.5 Å². The van der Waals surface area contributed by atoms with Gasteiger partial charge in [-0.15, -0.1) is 10.2 Å². The van der Waals surface area contributed by atoms with Gasteiger partial charge in [0, 0.05) is 12.6 Å². The summed E-state index contributed by atoms with van der Waals surface area (Å²) in [5.74, 6) is 0.781. The first-order valence-corrected chi connectivity index (χ1v) is 5.19. The maximum atomic E-state index is 5.63. The van der Waals surface area contributed by atoms with Gasteiger partial charge in [0.05, 0.1) is 0 Å². The molecule has 1 aromatic heterocycles. The molecule has 0 unspecified atom stereocenters. The maximum Gasteiger partial charge on any atom is 0.151 e. The Morgan fingerprint density at radius 1 is 1.50 bits per heavy atom. The minimum absolute atomic E-state index is 0.426. The molecule has 0 aromatic carbocycles. The molecule has 1 aliphatic rings. The van der Waals surface area contributed by atoms with Crippen molar-refractivity contribution in [1.82, 2.24) is 15.5 Å². The molecule has 0 amide bonds. The van der Waals surface area contributed by atoms with Crippen molar-refractivity contribution in [3.8, 4) is 0 Å². The van der Waals surface area contributed by atoms with Crippen molar-refractivity contribution in [1.29, 1.82) is 0 Å². The third-order valence-electron chi connectivity index (χ3n) is 2.32. The summed E-state index contributed by atoms with van der Waals surface area (Å²) in [6, 6.07) is 4.14. The van der Waals surface area contributed by atoms with Crippen molar-refractivity contribution in [2.45, 2.75) is 18.9 Å². The molecular weight excluding hydrogens is 200 g/mol. The average Bonchev–Trinajstić information content (AvgIpc) is 2.70. The van der Waals surface area contributed by atoms with Crippen molar-refractivity contribution < 1.29 is 0 Å². The lowest BCUT2D eigenvalue weighted by Gasteiger charge is -2.10. The summed E-state index contributed by atoms with van der Waals surface area (Å²) in [5.41, 5.74) is 0. The number of rotatable bonds is 3. The number of nitrogens with zero attached hydrogens (tertiary/aromatic N) is 2. The molecule has 0 saturated carbocycles. The molecule has 0 radical (unpaired) electrons. The van der Waals surface area contributed by atoms with E-state index in [9.17, 15) is 0 Å². The topological polar surface area (TPSA) is 49.8 Å². The van der Waals surface area contributed by atoms with E-state index in [1.165, 1.54) is 12.8 Å². The quantitative estimate of drug-likeness (QED) is 0.793. The fourth-order valence-electron chi connectivity index (χ4n) is 1.57. The fourth-order valence-corrected chi connectivity index (χ4v) is 1.67. The number of hydrogen-bond donors (Lipinski definition) is 2. The summed E-state index contributed by atoms with van der Waals surface area (Å²) in [6.45, 7) is 2.02. The number of nitrogens with one attached hydrogen (secondary N) is 2. The Labute approximate surface area is 88.1 Å². The highest BCUT2D eigenvalue weighted by atomic mass is 35.5. The van der Waals surface area contributed by atoms with Crippen LogP contribution in [0.5, 0.6) is 0 Å². The molecule has 4 nitrogen and oxygen atoms in total. The second-order valence-corrected chi connectivity index (χ2v) is 3.80. The molecule has 1 aliphatic heterocycles. The summed E-state index contributed by atoms with van der Waals surface area (Å²) in [4.78, 5) is 0. The highest BCUT2D eigenvalue weighted by Crippen LogP contribution is 2.08. The Morgan fingerprint density at radius 2 is 2.43 bits per heavy atom. The zero-order valence-electron chi connectivity index (χ0n) is 7.83. The Balaban J connectivity index is 1.82. The molecule has 76 valence electrons. The summed E-state index contributed by atoms with van der Waals surface area (Å²) >= 11 is 5.63. The zero-order valence-corrected chi connectivity index (χ0v) is 8.59. The highest BCUT2D eigenvalue weighted by Gasteiger charge is 2.13. The Kier molecular flexibility index (Phi) is 3.16. The first-order valence-electron chi connectivity index (χ1n) is 4.81. The van der Waals surface area contributed by atoms with Gasteiger partial charge in [-0.25, -0.2) is 0 Å². The van der Waals surface area contributed by atoms with Crippen LogP contribution in [0.25, 0.3) is 0 Å². The van der Waals surface area contributed by atoms with Crippen LogP contribution in [0.2, 0.25) is 5.15 Å². The predicted octanol–water partition coefficient (Wildman–Crippen LogP) is 1.29. The van der Waals surface area contributed by atoms with Crippen LogP contribution in [-0.4, -0.2) is 29.3 Å². The van der Waals surface area contributed by atoms with E-state index < -0.39 is 0 Å². The lowest BCUT2D eigenvalue weighted by atomic mass is 10.2. The molecule has 2 heterocycles. The van der Waals surface area contributed by atoms with Crippen molar-refractivity contribution in [2.75, 3.05) is 18.4 Å². The molecule has 5 heteroatoms. The van der Waals surface area contributed by atoms with E-state index >= 15 is 0 Å². The van der Waals surface area contributed by atoms with Crippen LogP contribution in [0, 0.1) is 0 Å². The third kappa shape index (κ3) is 2.56. The molecule has 0 spiro atoms. The highest BCUT2D eigenvalue weighted by molar-refractivity contribution is 6.29. The smallest absolute Gasteiger partial charge is 0.151 e. The first-order chi connectivity index (χ1) is 6.84. The monoisotopic (exact) mass is 212 g/mol. The summed E-state index contributed by atoms with van der Waals surface area (Å²) < 4.78 is 0. The molecular formula is C9H13ClN4. The van der Waals surface area contributed by atoms with Gasteiger partial charge in [0.2, 0.25) is 0 Å². The number of halogens is 1. The Bertz CT molecular complexity index is 281. The van der Waals surface area contributed by atoms with E-state index in [2.05, 4.69) is 20.8 Å². The van der Waals surface area contributed by atoms with E-state index in [-0.39, 0.29) is 0 Å². The van der Waals surface area contributed by atoms with E-state index in [0.717, 1.165) is 18.9 Å². The minimum atomic E-state index is 0.426. The van der Waals surface area contributed by atoms with Crippen molar-refractivity contribution in [2.24, 2.45) is 0 Å². The van der Waals surface area contributed by atoms with E-state index in [1.807, 2.05) is 6.07 Å². The molecule has 2 rings (SSSR count). The Morgan fingerprint density at radius 3 is 3.07 bits per heavy atom. The zero-order chi connectivity index (χ0) is 9.80. The van der Waals surface area contributed by atoms with Crippen LogP contribution in [-0.2, 0) is 0 Å². The summed E-state index contributed by atoms with van der Waals surface area (Å²) in [6.07, 6.45) is 2.49. The second-order valence-electron chi connectivity index (χ2n) is 3.42. The van der Waals surface area contributed by atoms with Crippen molar-refractivity contribution in [3.63, 3.8) is 0 Å². The molecule has 0 bridgehead atoms. The molecule has 0 aliphatic carbocycles. The average molecular weight is 213 g/mol. The normalized spacial score (nSPS) is 21.1. The SMILES string of the molecule is Clc1ccc(NC[C@H]2CCCN2)nn1. The largest absolute Gasteiger partial charge is 0.367 e. The van der Waals surface area contributed by atoms with Crippen LogP contribution >= 0.6 is 11.6 Å². The second kappa shape index (κ2) is 4.57. The summed E-state index contributed by atoms with van der Waals surface area (Å²) in [5, 5.41) is 14.7. The minimum Gasteiger partial charge on any atom is -0.367 e. The van der Waals surface area contributed by atoms with Gasteiger partial charge in [0.15, 0.2) is 5.15 Å². The van der Waals surface area contributed by atoms with Gasteiger partial charge < -0.3 is 10.6 Å². The van der Waals surface area contributed by atoms with Crippen molar-refractivity contribution in [3.05, 3.63) is 17.3 Å². The lowest BCUT2D eigenvalue weighted by molar-refractivity contribution is 0.632. The van der Waals surface area contributed by atoms with E-state index in [4.69, 9.17) is 11.6 Å². The first kappa shape index (κ1) is 9.68. The standard InChI is InChI=1S/C9H13ClN4/c10-8-3-4-9(14-13-8)12-6-7-2-1-5-11-7/h3-4,7,11H,1-2,5-6H2,(H,12,14)/t7-/m1/s1. The van der Waals surface area contributed by atoms with Crippen LogP contribution in [0.3, 0.4) is 0 Å². The molecule has 2 N–H and O–H groups in total. The Hall–Kier alpha value is -0.870. The van der Waals surface area contributed by atoms with Gasteiger partial charge in [-0.1, -0.05) is 11.6 Å². The summed E-state index contributed by atoms with van der Waals surface area (Å²) in [7, 11) is 0. The lowest BCUT2D eigenvalue weighted by Crippen LogP contribution is -2.29. The van der Waals surface area contributed by atoms with Crippen LogP contribution in [0.4, 0.5) is 5.82 Å². The van der Waals surface area contributed by atoms with Crippen LogP contribution in [0.1, 0.15) is 12.8 Å². The third-order valence-corrected chi connectivity index (χ3v) is 2.53. The molecule has 1 saturated heterocycles.